The lowest BCUT2D eigenvalue weighted by atomic mass is 10.1. The summed E-state index contributed by atoms with van der Waals surface area (Å²) in [6, 6.07) is 19.1. The fourth-order valence-electron chi connectivity index (χ4n) is 5.81. The van der Waals surface area contributed by atoms with Gasteiger partial charge in [0.05, 0.1) is 63.5 Å². The SMILES string of the molecule is O=S(=O)(O)CCCOc1cc(N=Nc2cccc(SOOO)c2)ccc1Nc1nc(NCCS(=O)(=O)O)nc(Nc2ccc(N=Nc3cc(S(=O)(=O)O)c4cc(S(=O)(=O)O)cc(S(=O)(=O)O)c4c3)cc2)n1. The van der Waals surface area contributed by atoms with Gasteiger partial charge in [-0.05, 0) is 85.3 Å². The van der Waals surface area contributed by atoms with Gasteiger partial charge in [0.2, 0.25) is 17.8 Å². The second-order valence-electron chi connectivity index (χ2n) is 14.0. The van der Waals surface area contributed by atoms with E-state index in [0.717, 1.165) is 12.1 Å². The summed E-state index contributed by atoms with van der Waals surface area (Å²) in [5, 5.41) is 35.5. The van der Waals surface area contributed by atoms with Gasteiger partial charge in [0.15, 0.2) is 0 Å². The van der Waals surface area contributed by atoms with Crippen molar-refractivity contribution in [1.82, 2.24) is 15.0 Å². The molecule has 5 aromatic carbocycles. The van der Waals surface area contributed by atoms with Gasteiger partial charge < -0.3 is 20.7 Å². The molecule has 0 saturated carbocycles. The van der Waals surface area contributed by atoms with Crippen LogP contribution < -0.4 is 20.7 Å². The molecule has 9 N–H and O–H groups in total. The van der Waals surface area contributed by atoms with Gasteiger partial charge in [-0.2, -0.15) is 77.5 Å². The second kappa shape index (κ2) is 22.3. The minimum atomic E-state index is -5.28. The average Bonchev–Trinajstić information content (AvgIpc) is 3.27. The summed E-state index contributed by atoms with van der Waals surface area (Å²) in [4.78, 5) is 10.0. The Bertz CT molecular complexity index is 3610. The van der Waals surface area contributed by atoms with E-state index in [4.69, 9.17) is 9.99 Å². The van der Waals surface area contributed by atoms with E-state index in [0.29, 0.717) is 34.8 Å². The highest BCUT2D eigenvalue weighted by molar-refractivity contribution is 7.94. The molecule has 29 nitrogen and oxygen atoms in total. The highest BCUT2D eigenvalue weighted by Crippen LogP contribution is 2.37. The van der Waals surface area contributed by atoms with Gasteiger partial charge in [0.25, 0.3) is 50.6 Å². The molecule has 378 valence electrons. The van der Waals surface area contributed by atoms with Gasteiger partial charge in [-0.3, -0.25) is 22.8 Å². The number of hydrogen-bond donors (Lipinski definition) is 9. The third-order valence-corrected chi connectivity index (χ3v) is 13.5. The van der Waals surface area contributed by atoms with E-state index >= 15 is 0 Å². The molecule has 0 aliphatic rings. The summed E-state index contributed by atoms with van der Waals surface area (Å²) in [6.07, 6.45) is -0.130. The normalized spacial score (nSPS) is 12.7. The van der Waals surface area contributed by atoms with Gasteiger partial charge in [0, 0.05) is 34.0 Å². The predicted octanol–water partition coefficient (Wildman–Crippen LogP) is 6.47. The van der Waals surface area contributed by atoms with Crippen molar-refractivity contribution < 1.29 is 84.2 Å². The van der Waals surface area contributed by atoms with Crippen molar-refractivity contribution in [3.63, 3.8) is 0 Å². The van der Waals surface area contributed by atoms with Gasteiger partial charge in [-0.1, -0.05) is 11.1 Å². The Kier molecular flexibility index (Phi) is 16.9. The van der Waals surface area contributed by atoms with E-state index in [9.17, 15) is 64.9 Å². The quantitative estimate of drug-likeness (QED) is 0.00828. The van der Waals surface area contributed by atoms with Crippen molar-refractivity contribution in [3.05, 3.63) is 91.0 Å². The van der Waals surface area contributed by atoms with Gasteiger partial charge >= 0.3 is 0 Å². The molecule has 0 amide bonds. The van der Waals surface area contributed by atoms with Crippen LogP contribution >= 0.6 is 12.0 Å². The Labute approximate surface area is 406 Å². The van der Waals surface area contributed by atoms with Crippen LogP contribution in [-0.2, 0) is 60.0 Å². The molecule has 0 aliphatic heterocycles. The first-order valence-electron chi connectivity index (χ1n) is 19.2. The highest BCUT2D eigenvalue weighted by Gasteiger charge is 2.26. The second-order valence-corrected chi connectivity index (χ2v) is 22.1. The number of nitrogens with zero attached hydrogens (tertiary/aromatic N) is 7. The molecule has 0 aliphatic carbocycles. The first-order valence-corrected chi connectivity index (χ1v) is 27.4. The Morgan fingerprint density at radius 2 is 1.14 bits per heavy atom. The Morgan fingerprint density at radius 1 is 0.563 bits per heavy atom. The van der Waals surface area contributed by atoms with Gasteiger partial charge in [-0.15, -0.1) is 4.33 Å². The number of rotatable bonds is 23. The van der Waals surface area contributed by atoms with Gasteiger partial charge in [-0.25, -0.2) is 5.26 Å². The van der Waals surface area contributed by atoms with Crippen molar-refractivity contribution in [2.45, 2.75) is 26.0 Å². The summed E-state index contributed by atoms with van der Waals surface area (Å²) in [5.74, 6) is -1.84. The van der Waals surface area contributed by atoms with Crippen LogP contribution in [0.1, 0.15) is 6.42 Å². The fraction of sp³-hybridized carbons (Fsp3) is 0.139. The minimum Gasteiger partial charge on any atom is -0.491 e. The zero-order valence-corrected chi connectivity index (χ0v) is 40.2. The number of benzene rings is 5. The zero-order valence-electron chi connectivity index (χ0n) is 35.3. The average molecular weight is 1100 g/mol. The molecule has 0 unspecified atom stereocenters. The molecule has 71 heavy (non-hydrogen) atoms. The molecule has 0 bridgehead atoms. The summed E-state index contributed by atoms with van der Waals surface area (Å²) in [6.45, 7) is -0.578. The van der Waals surface area contributed by atoms with E-state index in [1.807, 2.05) is 0 Å². The first-order chi connectivity index (χ1) is 33.2. The Hall–Kier alpha value is -6.45. The molecule has 6 rings (SSSR count). The molecule has 6 aromatic rings. The third kappa shape index (κ3) is 16.3. The van der Waals surface area contributed by atoms with E-state index < -0.39 is 93.2 Å². The predicted molar refractivity (Wildman–Crippen MR) is 250 cm³/mol. The van der Waals surface area contributed by atoms with Crippen LogP contribution in [0.25, 0.3) is 10.8 Å². The molecule has 1 heterocycles. The number of anilines is 5. The Balaban J connectivity index is 1.29. The maximum Gasteiger partial charge on any atom is 0.295 e. The molecular formula is C36H34N10O19S6. The summed E-state index contributed by atoms with van der Waals surface area (Å²) in [7, 11) is -24.4. The lowest BCUT2D eigenvalue weighted by molar-refractivity contribution is -0.432. The summed E-state index contributed by atoms with van der Waals surface area (Å²) >= 11 is 0.697. The molecule has 1 aromatic heterocycles. The fourth-order valence-corrected chi connectivity index (χ4v) is 9.11. The third-order valence-electron chi connectivity index (χ3n) is 8.76. The molecule has 0 saturated heterocycles. The Morgan fingerprint density at radius 3 is 1.77 bits per heavy atom. The van der Waals surface area contributed by atoms with Crippen LogP contribution in [-0.4, -0.2) is 110 Å². The van der Waals surface area contributed by atoms with Crippen LogP contribution in [0.5, 0.6) is 5.75 Å². The van der Waals surface area contributed by atoms with Gasteiger partial charge in [0.1, 0.15) is 15.5 Å². The molecule has 0 fully saturated rings. The van der Waals surface area contributed by atoms with Crippen LogP contribution in [0.2, 0.25) is 0 Å². The monoisotopic (exact) mass is 1100 g/mol. The number of hydrogen-bond acceptors (Lipinski definition) is 25. The lowest BCUT2D eigenvalue weighted by Gasteiger charge is -2.15. The maximum absolute atomic E-state index is 12.4. The van der Waals surface area contributed by atoms with Crippen LogP contribution in [0.15, 0.2) is 131 Å². The van der Waals surface area contributed by atoms with Crippen LogP contribution in [0, 0.1) is 0 Å². The zero-order chi connectivity index (χ0) is 51.8. The molecule has 0 atom stereocenters. The smallest absolute Gasteiger partial charge is 0.295 e. The van der Waals surface area contributed by atoms with Crippen molar-refractivity contribution in [2.75, 3.05) is 40.6 Å². The number of azo groups is 2. The largest absolute Gasteiger partial charge is 0.491 e. The lowest BCUT2D eigenvalue weighted by Crippen LogP contribution is -2.17. The molecule has 0 spiro atoms. The van der Waals surface area contributed by atoms with E-state index in [1.165, 1.54) is 42.5 Å². The summed E-state index contributed by atoms with van der Waals surface area (Å²) in [5.41, 5.74) is 0.766. The van der Waals surface area contributed by atoms with E-state index in [2.05, 4.69) is 60.7 Å². The van der Waals surface area contributed by atoms with Crippen LogP contribution in [0.4, 0.5) is 52.0 Å². The number of fused-ring (bicyclic) bond motifs is 1. The maximum atomic E-state index is 12.4. The van der Waals surface area contributed by atoms with Crippen molar-refractivity contribution in [1.29, 1.82) is 0 Å². The molecule has 0 radical (unpaired) electrons. The summed E-state index contributed by atoms with van der Waals surface area (Å²) < 4.78 is 176. The van der Waals surface area contributed by atoms with Crippen molar-refractivity contribution in [2.24, 2.45) is 20.5 Å². The number of nitrogens with one attached hydrogen (secondary N) is 3. The topological polar surface area (TPSA) is 444 Å². The van der Waals surface area contributed by atoms with E-state index in [-0.39, 0.29) is 65.9 Å². The van der Waals surface area contributed by atoms with Crippen molar-refractivity contribution in [3.8, 4) is 5.75 Å². The molecular weight excluding hydrogens is 1070 g/mol. The first kappa shape index (κ1) is 53.9. The van der Waals surface area contributed by atoms with Crippen LogP contribution in [0.3, 0.4) is 0 Å². The number of ether oxygens (including phenoxy) is 1. The van der Waals surface area contributed by atoms with Crippen molar-refractivity contribution >= 4 is 125 Å². The number of aromatic nitrogens is 3. The highest BCUT2D eigenvalue weighted by atomic mass is 32.2. The van der Waals surface area contributed by atoms with E-state index in [1.54, 1.807) is 24.3 Å². The minimum absolute atomic E-state index is 0.0678. The standard InChI is InChI=1S/C36H34N10O19S6/c47-64-65-66-26-4-1-3-23(15-26)44-45-24-9-10-30(31(17-24)63-12-2-13-67(48,49)50)39-36-41-34(37-11-14-68(51,52)53)40-35(42-36)38-21-5-7-22(8-6-21)43-46-25-16-28-29(32(18-25)70(57,58)59)19-27(69(54,55)56)20-33(28)71(60,61)62/h1,3-10,15-20,47H,2,11-14H2,(H,48,49,50)(H,51,52,53)(H,54,55,56)(H,57,58,59)(H,60,61,62)(H3,37,38,39,40,41,42). The molecule has 35 heteroatoms.